The van der Waals surface area contributed by atoms with E-state index in [1.807, 2.05) is 0 Å². The third-order valence-corrected chi connectivity index (χ3v) is 2.66. The van der Waals surface area contributed by atoms with Crippen LogP contribution >= 0.6 is 11.6 Å². The van der Waals surface area contributed by atoms with Crippen molar-refractivity contribution in [1.82, 2.24) is 0 Å². The molecule has 0 aliphatic heterocycles. The number of hydrogen-bond acceptors (Lipinski definition) is 3. The van der Waals surface area contributed by atoms with Crippen molar-refractivity contribution in [3.8, 4) is 11.5 Å². The smallest absolute Gasteiger partial charge is 0.307 e. The Kier molecular flexibility index (Phi) is 4.01. The van der Waals surface area contributed by atoms with E-state index in [2.05, 4.69) is 0 Å². The Bertz CT molecular complexity index is 415. The third-order valence-electron chi connectivity index (χ3n) is 2.26. The van der Waals surface area contributed by atoms with Crippen molar-refractivity contribution in [3.63, 3.8) is 0 Å². The van der Waals surface area contributed by atoms with Crippen molar-refractivity contribution >= 4 is 17.6 Å². The SMILES string of the molecule is COc1cc(C)c(CC(=O)O)c(Cl)c1OC. The van der Waals surface area contributed by atoms with E-state index >= 15 is 0 Å². The number of ether oxygens (including phenoxy) is 2. The average Bonchev–Trinajstić information content (AvgIpc) is 2.23. The summed E-state index contributed by atoms with van der Waals surface area (Å²) in [6.45, 7) is 1.78. The van der Waals surface area contributed by atoms with Gasteiger partial charge in [0.1, 0.15) is 0 Å². The summed E-state index contributed by atoms with van der Waals surface area (Å²) in [5.41, 5.74) is 1.32. The maximum atomic E-state index is 10.7. The van der Waals surface area contributed by atoms with Gasteiger partial charge < -0.3 is 14.6 Å². The normalized spacial score (nSPS) is 10.0. The van der Waals surface area contributed by atoms with E-state index in [1.165, 1.54) is 14.2 Å². The number of methoxy groups -OCH3 is 2. The van der Waals surface area contributed by atoms with E-state index in [-0.39, 0.29) is 6.42 Å². The third kappa shape index (κ3) is 2.39. The molecule has 0 aliphatic rings. The monoisotopic (exact) mass is 244 g/mol. The maximum absolute atomic E-state index is 10.7. The zero-order valence-corrected chi connectivity index (χ0v) is 10.1. The number of benzene rings is 1. The van der Waals surface area contributed by atoms with E-state index in [0.29, 0.717) is 22.1 Å². The van der Waals surface area contributed by atoms with Crippen LogP contribution in [0, 0.1) is 6.92 Å². The van der Waals surface area contributed by atoms with Crippen LogP contribution < -0.4 is 9.47 Å². The fourth-order valence-electron chi connectivity index (χ4n) is 1.48. The predicted octanol–water partition coefficient (Wildman–Crippen LogP) is 2.29. The summed E-state index contributed by atoms with van der Waals surface area (Å²) in [6.07, 6.45) is -0.134. The summed E-state index contributed by atoms with van der Waals surface area (Å²) in [5, 5.41) is 9.07. The van der Waals surface area contributed by atoms with Gasteiger partial charge in [-0.3, -0.25) is 4.79 Å². The van der Waals surface area contributed by atoms with Gasteiger partial charge in [0.2, 0.25) is 0 Å². The van der Waals surface area contributed by atoms with Crippen molar-refractivity contribution in [2.24, 2.45) is 0 Å². The Morgan fingerprint density at radius 3 is 2.50 bits per heavy atom. The van der Waals surface area contributed by atoms with Crippen LogP contribution in [-0.4, -0.2) is 25.3 Å². The van der Waals surface area contributed by atoms with Crippen LogP contribution in [0.15, 0.2) is 6.07 Å². The molecule has 1 aromatic carbocycles. The molecule has 1 rings (SSSR count). The van der Waals surface area contributed by atoms with Crippen LogP contribution in [0.3, 0.4) is 0 Å². The molecule has 0 fully saturated rings. The van der Waals surface area contributed by atoms with E-state index < -0.39 is 5.97 Å². The fraction of sp³-hybridized carbons (Fsp3) is 0.364. The highest BCUT2D eigenvalue weighted by atomic mass is 35.5. The summed E-state index contributed by atoms with van der Waals surface area (Å²) in [7, 11) is 2.97. The highest BCUT2D eigenvalue weighted by Crippen LogP contribution is 2.39. The molecule has 0 bridgehead atoms. The van der Waals surface area contributed by atoms with Gasteiger partial charge in [0.05, 0.1) is 25.7 Å². The molecule has 0 aliphatic carbocycles. The minimum Gasteiger partial charge on any atom is -0.493 e. The van der Waals surface area contributed by atoms with Gasteiger partial charge in [-0.1, -0.05) is 11.6 Å². The minimum atomic E-state index is -0.933. The van der Waals surface area contributed by atoms with E-state index in [9.17, 15) is 4.79 Å². The molecule has 16 heavy (non-hydrogen) atoms. The number of halogens is 1. The molecule has 0 amide bonds. The summed E-state index contributed by atoms with van der Waals surface area (Å²) < 4.78 is 10.2. The van der Waals surface area contributed by atoms with Crippen LogP contribution in [0.1, 0.15) is 11.1 Å². The first-order chi connectivity index (χ1) is 7.51. The van der Waals surface area contributed by atoms with Gasteiger partial charge in [0.15, 0.2) is 11.5 Å². The lowest BCUT2D eigenvalue weighted by atomic mass is 10.0. The Morgan fingerprint density at radius 2 is 2.06 bits per heavy atom. The van der Waals surface area contributed by atoms with Crippen LogP contribution in [0.5, 0.6) is 11.5 Å². The van der Waals surface area contributed by atoms with Crippen molar-refractivity contribution in [2.75, 3.05) is 14.2 Å². The maximum Gasteiger partial charge on any atom is 0.307 e. The molecule has 88 valence electrons. The molecular weight excluding hydrogens is 232 g/mol. The van der Waals surface area contributed by atoms with E-state index in [0.717, 1.165) is 5.56 Å². The standard InChI is InChI=1S/C11H13ClO4/c1-6-4-8(15-2)11(16-3)10(12)7(6)5-9(13)14/h4H,5H2,1-3H3,(H,13,14). The van der Waals surface area contributed by atoms with Crippen molar-refractivity contribution in [1.29, 1.82) is 0 Å². The zero-order valence-electron chi connectivity index (χ0n) is 9.33. The number of aryl methyl sites for hydroxylation is 1. The van der Waals surface area contributed by atoms with Crippen LogP contribution in [0.25, 0.3) is 0 Å². The lowest BCUT2D eigenvalue weighted by molar-refractivity contribution is -0.136. The first-order valence-corrected chi connectivity index (χ1v) is 5.00. The number of hydrogen-bond donors (Lipinski definition) is 1. The average molecular weight is 245 g/mol. The first kappa shape index (κ1) is 12.6. The Labute approximate surface area is 98.7 Å². The molecule has 0 heterocycles. The summed E-state index contributed by atoms with van der Waals surface area (Å²) in [6, 6.07) is 1.71. The number of aliphatic carboxylic acids is 1. The molecular formula is C11H13ClO4. The van der Waals surface area contributed by atoms with E-state index in [4.69, 9.17) is 26.2 Å². The van der Waals surface area contributed by atoms with Gasteiger partial charge in [-0.15, -0.1) is 0 Å². The first-order valence-electron chi connectivity index (χ1n) is 4.63. The van der Waals surface area contributed by atoms with Crippen molar-refractivity contribution < 1.29 is 19.4 Å². The van der Waals surface area contributed by atoms with E-state index in [1.54, 1.807) is 13.0 Å². The van der Waals surface area contributed by atoms with Gasteiger partial charge in [0, 0.05) is 0 Å². The number of carboxylic acid groups (broad SMARTS) is 1. The van der Waals surface area contributed by atoms with Gasteiger partial charge in [-0.25, -0.2) is 0 Å². The molecule has 5 heteroatoms. The molecule has 0 spiro atoms. The lowest BCUT2D eigenvalue weighted by Crippen LogP contribution is -2.04. The Balaban J connectivity index is 3.34. The Morgan fingerprint density at radius 1 is 1.44 bits per heavy atom. The highest BCUT2D eigenvalue weighted by Gasteiger charge is 2.17. The topological polar surface area (TPSA) is 55.8 Å². The van der Waals surface area contributed by atoms with Crippen LogP contribution in [0.4, 0.5) is 0 Å². The minimum absolute atomic E-state index is 0.134. The molecule has 0 radical (unpaired) electrons. The summed E-state index contributed by atoms with van der Waals surface area (Å²) >= 11 is 6.07. The predicted molar refractivity (Wildman–Crippen MR) is 60.6 cm³/mol. The van der Waals surface area contributed by atoms with Gasteiger partial charge >= 0.3 is 5.97 Å². The molecule has 0 saturated heterocycles. The number of carbonyl (C=O) groups is 1. The number of rotatable bonds is 4. The molecule has 1 N–H and O–H groups in total. The van der Waals surface area contributed by atoms with Crippen molar-refractivity contribution in [3.05, 3.63) is 22.2 Å². The molecule has 0 saturated carbocycles. The fourth-order valence-corrected chi connectivity index (χ4v) is 1.86. The van der Waals surface area contributed by atoms with Gasteiger partial charge in [-0.2, -0.15) is 0 Å². The molecule has 1 aromatic rings. The summed E-state index contributed by atoms with van der Waals surface area (Å²) in [5.74, 6) is -0.0672. The molecule has 0 atom stereocenters. The molecule has 0 aromatic heterocycles. The Hall–Kier alpha value is -1.42. The van der Waals surface area contributed by atoms with Crippen molar-refractivity contribution in [2.45, 2.75) is 13.3 Å². The highest BCUT2D eigenvalue weighted by molar-refractivity contribution is 6.33. The zero-order chi connectivity index (χ0) is 12.3. The largest absolute Gasteiger partial charge is 0.493 e. The molecule has 4 nitrogen and oxygen atoms in total. The summed E-state index contributed by atoms with van der Waals surface area (Å²) in [4.78, 5) is 10.7. The second-order valence-corrected chi connectivity index (χ2v) is 3.67. The lowest BCUT2D eigenvalue weighted by Gasteiger charge is -2.14. The number of carboxylic acids is 1. The van der Waals surface area contributed by atoms with Crippen LogP contribution in [0.2, 0.25) is 5.02 Å². The van der Waals surface area contributed by atoms with Gasteiger partial charge in [0.25, 0.3) is 0 Å². The van der Waals surface area contributed by atoms with Gasteiger partial charge in [-0.05, 0) is 24.1 Å². The second-order valence-electron chi connectivity index (χ2n) is 3.29. The van der Waals surface area contributed by atoms with Crippen LogP contribution in [-0.2, 0) is 11.2 Å². The second kappa shape index (κ2) is 5.07. The molecule has 0 unspecified atom stereocenters. The quantitative estimate of drug-likeness (QED) is 0.883.